The average Bonchev–Trinajstić information content (AvgIpc) is 2.92. The molecular formula is C19H17FN4O3. The SMILES string of the molecule is Cc1nn(-c2ccccc2)c(C)c1CC(=O)Nc1cc([N+](=O)[O-])ccc1F. The van der Waals surface area contributed by atoms with E-state index in [0.717, 1.165) is 35.1 Å². The van der Waals surface area contributed by atoms with Crippen molar-refractivity contribution in [3.63, 3.8) is 0 Å². The number of aryl methyl sites for hydroxylation is 1. The number of nitrogens with one attached hydrogen (secondary N) is 1. The zero-order valence-corrected chi connectivity index (χ0v) is 14.8. The third-order valence-corrected chi connectivity index (χ3v) is 4.21. The first-order chi connectivity index (χ1) is 12.9. The largest absolute Gasteiger partial charge is 0.323 e. The van der Waals surface area contributed by atoms with Gasteiger partial charge < -0.3 is 5.32 Å². The molecule has 0 aliphatic heterocycles. The Labute approximate surface area is 154 Å². The third kappa shape index (κ3) is 3.84. The molecule has 3 rings (SSSR count). The Morgan fingerprint density at radius 3 is 2.59 bits per heavy atom. The molecule has 1 heterocycles. The lowest BCUT2D eigenvalue weighted by atomic mass is 10.1. The maximum Gasteiger partial charge on any atom is 0.271 e. The Balaban J connectivity index is 1.82. The van der Waals surface area contributed by atoms with E-state index in [2.05, 4.69) is 10.4 Å². The average molecular weight is 368 g/mol. The minimum Gasteiger partial charge on any atom is -0.323 e. The molecule has 0 aliphatic carbocycles. The summed E-state index contributed by atoms with van der Waals surface area (Å²) in [5, 5.41) is 17.7. The monoisotopic (exact) mass is 368 g/mol. The van der Waals surface area contributed by atoms with Crippen molar-refractivity contribution in [3.05, 3.63) is 81.4 Å². The Morgan fingerprint density at radius 1 is 1.22 bits per heavy atom. The van der Waals surface area contributed by atoms with Crippen molar-refractivity contribution < 1.29 is 14.1 Å². The normalized spacial score (nSPS) is 10.6. The zero-order valence-electron chi connectivity index (χ0n) is 14.8. The number of carbonyl (C=O) groups is 1. The van der Waals surface area contributed by atoms with Crippen LogP contribution in [0, 0.1) is 29.8 Å². The highest BCUT2D eigenvalue weighted by atomic mass is 19.1. The van der Waals surface area contributed by atoms with Crippen molar-refractivity contribution in [1.82, 2.24) is 9.78 Å². The molecule has 3 aromatic rings. The maximum absolute atomic E-state index is 13.9. The number of carbonyl (C=O) groups excluding carboxylic acids is 1. The number of para-hydroxylation sites is 1. The molecule has 7 nitrogen and oxygen atoms in total. The van der Waals surface area contributed by atoms with E-state index in [1.807, 2.05) is 37.3 Å². The summed E-state index contributed by atoms with van der Waals surface area (Å²) < 4.78 is 15.6. The first kappa shape index (κ1) is 18.2. The number of aromatic nitrogens is 2. The maximum atomic E-state index is 13.9. The van der Waals surface area contributed by atoms with Crippen LogP contribution in [0.2, 0.25) is 0 Å². The molecule has 8 heteroatoms. The second-order valence-electron chi connectivity index (χ2n) is 6.04. The fourth-order valence-electron chi connectivity index (χ4n) is 2.83. The van der Waals surface area contributed by atoms with Gasteiger partial charge in [-0.2, -0.15) is 5.10 Å². The Hall–Kier alpha value is -3.55. The lowest BCUT2D eigenvalue weighted by molar-refractivity contribution is -0.384. The molecule has 0 aliphatic rings. The molecular weight excluding hydrogens is 351 g/mol. The van der Waals surface area contributed by atoms with Gasteiger partial charge in [0.2, 0.25) is 5.91 Å². The number of nitro benzene ring substituents is 1. The number of hydrogen-bond donors (Lipinski definition) is 1. The van der Waals surface area contributed by atoms with E-state index < -0.39 is 16.6 Å². The molecule has 0 spiro atoms. The van der Waals surface area contributed by atoms with Gasteiger partial charge in [0.1, 0.15) is 5.82 Å². The van der Waals surface area contributed by atoms with Gasteiger partial charge in [0, 0.05) is 23.4 Å². The number of nitro groups is 1. The second-order valence-corrected chi connectivity index (χ2v) is 6.04. The molecule has 1 amide bonds. The van der Waals surface area contributed by atoms with Crippen LogP contribution in [0.15, 0.2) is 48.5 Å². The highest BCUT2D eigenvalue weighted by molar-refractivity contribution is 5.93. The molecule has 0 radical (unpaired) electrons. The van der Waals surface area contributed by atoms with Gasteiger partial charge >= 0.3 is 0 Å². The van der Waals surface area contributed by atoms with E-state index >= 15 is 0 Å². The fourth-order valence-corrected chi connectivity index (χ4v) is 2.83. The van der Waals surface area contributed by atoms with E-state index in [1.54, 1.807) is 11.6 Å². The Morgan fingerprint density at radius 2 is 1.93 bits per heavy atom. The zero-order chi connectivity index (χ0) is 19.6. The van der Waals surface area contributed by atoms with Gasteiger partial charge in [-0.3, -0.25) is 14.9 Å². The van der Waals surface area contributed by atoms with Gasteiger partial charge in [-0.15, -0.1) is 0 Å². The van der Waals surface area contributed by atoms with Gasteiger partial charge in [0.15, 0.2) is 0 Å². The van der Waals surface area contributed by atoms with Gasteiger partial charge in [-0.1, -0.05) is 18.2 Å². The minimum absolute atomic E-state index is 0.0212. The van der Waals surface area contributed by atoms with Crippen LogP contribution in [0.3, 0.4) is 0 Å². The first-order valence-electron chi connectivity index (χ1n) is 8.21. The highest BCUT2D eigenvalue weighted by Crippen LogP contribution is 2.23. The molecule has 0 saturated heterocycles. The number of anilines is 1. The smallest absolute Gasteiger partial charge is 0.271 e. The van der Waals surface area contributed by atoms with Gasteiger partial charge in [0.25, 0.3) is 5.69 Å². The van der Waals surface area contributed by atoms with Crippen LogP contribution in [0.1, 0.15) is 17.0 Å². The van der Waals surface area contributed by atoms with E-state index in [0.29, 0.717) is 5.69 Å². The summed E-state index contributed by atoms with van der Waals surface area (Å²) >= 11 is 0. The highest BCUT2D eigenvalue weighted by Gasteiger charge is 2.18. The van der Waals surface area contributed by atoms with E-state index in [-0.39, 0.29) is 17.8 Å². The molecule has 1 N–H and O–H groups in total. The number of rotatable bonds is 5. The predicted molar refractivity (Wildman–Crippen MR) is 98.4 cm³/mol. The van der Waals surface area contributed by atoms with Crippen LogP contribution in [0.25, 0.3) is 5.69 Å². The van der Waals surface area contributed by atoms with Crippen LogP contribution in [0.4, 0.5) is 15.8 Å². The van der Waals surface area contributed by atoms with E-state index in [4.69, 9.17) is 0 Å². The van der Waals surface area contributed by atoms with Gasteiger partial charge in [0.05, 0.1) is 28.4 Å². The molecule has 0 saturated carbocycles. The summed E-state index contributed by atoms with van der Waals surface area (Å²) in [5.74, 6) is -1.21. The number of hydrogen-bond acceptors (Lipinski definition) is 4. The van der Waals surface area contributed by atoms with Gasteiger partial charge in [-0.05, 0) is 32.0 Å². The first-order valence-corrected chi connectivity index (χ1v) is 8.21. The predicted octanol–water partition coefficient (Wildman–Crippen LogP) is 3.72. The Bertz CT molecular complexity index is 1020. The van der Waals surface area contributed by atoms with Crippen LogP contribution in [0.5, 0.6) is 0 Å². The molecule has 0 bridgehead atoms. The standard InChI is InChI=1S/C19H17FN4O3/c1-12-16(13(2)23(22-12)14-6-4-3-5-7-14)11-19(25)21-18-10-15(24(26)27)8-9-17(18)20/h3-10H,11H2,1-2H3,(H,21,25). The van der Waals surface area contributed by atoms with Crippen molar-refractivity contribution in [2.45, 2.75) is 20.3 Å². The molecule has 138 valence electrons. The Kier molecular flexibility index (Phi) is 4.98. The summed E-state index contributed by atoms with van der Waals surface area (Å²) in [7, 11) is 0. The van der Waals surface area contributed by atoms with Crippen LogP contribution >= 0.6 is 0 Å². The summed E-state index contributed by atoms with van der Waals surface area (Å²) in [4.78, 5) is 22.6. The summed E-state index contributed by atoms with van der Waals surface area (Å²) in [6, 6.07) is 12.5. The molecule has 2 aromatic carbocycles. The van der Waals surface area contributed by atoms with Crippen LogP contribution < -0.4 is 5.32 Å². The van der Waals surface area contributed by atoms with Crippen molar-refractivity contribution in [3.8, 4) is 5.69 Å². The van der Waals surface area contributed by atoms with Crippen molar-refractivity contribution in [2.75, 3.05) is 5.32 Å². The fraction of sp³-hybridized carbons (Fsp3) is 0.158. The molecule has 0 fully saturated rings. The molecule has 0 unspecified atom stereocenters. The number of non-ortho nitro benzene ring substituents is 1. The van der Waals surface area contributed by atoms with Crippen molar-refractivity contribution in [2.24, 2.45) is 0 Å². The number of halogens is 1. The van der Waals surface area contributed by atoms with Crippen molar-refractivity contribution >= 4 is 17.3 Å². The molecule has 1 aromatic heterocycles. The van der Waals surface area contributed by atoms with Crippen LogP contribution in [-0.2, 0) is 11.2 Å². The van der Waals surface area contributed by atoms with Crippen LogP contribution in [-0.4, -0.2) is 20.6 Å². The summed E-state index contributed by atoms with van der Waals surface area (Å²) in [6.45, 7) is 3.65. The van der Waals surface area contributed by atoms with Gasteiger partial charge in [-0.25, -0.2) is 9.07 Å². The topological polar surface area (TPSA) is 90.1 Å². The number of amides is 1. The lowest BCUT2D eigenvalue weighted by Gasteiger charge is -2.08. The number of benzene rings is 2. The number of nitrogens with zero attached hydrogens (tertiary/aromatic N) is 3. The van der Waals surface area contributed by atoms with E-state index in [1.165, 1.54) is 0 Å². The third-order valence-electron chi connectivity index (χ3n) is 4.21. The molecule has 27 heavy (non-hydrogen) atoms. The van der Waals surface area contributed by atoms with E-state index in [9.17, 15) is 19.3 Å². The molecule has 0 atom stereocenters. The summed E-state index contributed by atoms with van der Waals surface area (Å²) in [6.07, 6.45) is -0.0212. The quantitative estimate of drug-likeness (QED) is 0.549. The lowest BCUT2D eigenvalue weighted by Crippen LogP contribution is -2.16. The summed E-state index contributed by atoms with van der Waals surface area (Å²) in [5.41, 5.74) is 2.56. The second kappa shape index (κ2) is 7.36. The van der Waals surface area contributed by atoms with Crippen molar-refractivity contribution in [1.29, 1.82) is 0 Å². The minimum atomic E-state index is -0.734.